The quantitative estimate of drug-likeness (QED) is 0.117. The number of methoxy groups -OCH3 is 2. The van der Waals surface area contributed by atoms with Crippen molar-refractivity contribution in [2.24, 2.45) is 5.92 Å². The van der Waals surface area contributed by atoms with E-state index in [0.29, 0.717) is 29.3 Å². The number of nitrogens with one attached hydrogen (secondary N) is 1. The molecular weight excluding hydrogens is 546 g/mol. The van der Waals surface area contributed by atoms with E-state index in [9.17, 15) is 19.2 Å². The van der Waals surface area contributed by atoms with Crippen LogP contribution in [0.5, 0.6) is 11.5 Å². The Hall–Kier alpha value is -4.77. The number of ketones is 1. The maximum Gasteiger partial charge on any atom is 0.411 e. The topological polar surface area (TPSA) is 170 Å². The SMILES string of the molecule is C=C[C@H]1C[C@]1(NC(=O)[C@@H]1CC(Oc2cc(C(=O)C=[N+]=[N-])nc3cc(OC)ccc23)CN1C(=O)OC(C)(C)C)C(=O)OC. The van der Waals surface area contributed by atoms with Crippen LogP contribution in [0.4, 0.5) is 4.79 Å². The molecule has 2 aromatic rings. The molecule has 4 rings (SSSR count). The van der Waals surface area contributed by atoms with Crippen molar-refractivity contribution in [1.29, 1.82) is 0 Å². The van der Waals surface area contributed by atoms with Gasteiger partial charge in [0, 0.05) is 29.9 Å². The molecule has 1 aliphatic carbocycles. The predicted molar refractivity (Wildman–Crippen MR) is 149 cm³/mol. The van der Waals surface area contributed by atoms with Crippen molar-refractivity contribution in [3.05, 3.63) is 48.1 Å². The van der Waals surface area contributed by atoms with Gasteiger partial charge in [0.1, 0.15) is 40.5 Å². The summed E-state index contributed by atoms with van der Waals surface area (Å²) in [6.45, 7) is 8.83. The lowest BCUT2D eigenvalue weighted by atomic mass is 10.1. The number of carbonyl (C=O) groups excluding carboxylic acids is 4. The number of pyridine rings is 1. The predicted octanol–water partition coefficient (Wildman–Crippen LogP) is 2.72. The molecule has 0 bridgehead atoms. The van der Waals surface area contributed by atoms with Gasteiger partial charge in [-0.1, -0.05) is 6.08 Å². The van der Waals surface area contributed by atoms with E-state index in [1.807, 2.05) is 0 Å². The van der Waals surface area contributed by atoms with Crippen molar-refractivity contribution < 1.29 is 42.9 Å². The smallest absolute Gasteiger partial charge is 0.411 e. The Balaban J connectivity index is 1.67. The second-order valence-corrected chi connectivity index (χ2v) is 11.1. The van der Waals surface area contributed by atoms with Crippen LogP contribution in [0, 0.1) is 5.92 Å². The number of esters is 1. The van der Waals surface area contributed by atoms with Gasteiger partial charge >= 0.3 is 18.3 Å². The Bertz CT molecular complexity index is 1490. The number of carbonyl (C=O) groups is 4. The zero-order chi connectivity index (χ0) is 30.8. The van der Waals surface area contributed by atoms with Gasteiger partial charge in [0.15, 0.2) is 0 Å². The standard InChI is InChI=1S/C29H33N5O8/c1-7-16-13-29(16,26(37)40-6)33-25(36)22-11-18(15-34(22)27(38)42-28(2,3)4)41-24-12-21(23(35)14-31-30)32-20-10-17(39-5)8-9-19(20)24/h7-10,12,14,16,18,22H,1,11,13,15H2,2-6H3,(H,33,36)/t16-,18?,22-,29+/m0/s1. The summed E-state index contributed by atoms with van der Waals surface area (Å²) in [6.07, 6.45) is 1.24. The van der Waals surface area contributed by atoms with Gasteiger partial charge < -0.3 is 29.8 Å². The lowest BCUT2D eigenvalue weighted by Gasteiger charge is -2.28. The molecular formula is C29H33N5O8. The van der Waals surface area contributed by atoms with Crippen LogP contribution >= 0.6 is 0 Å². The highest BCUT2D eigenvalue weighted by Crippen LogP contribution is 2.45. The minimum Gasteiger partial charge on any atom is -0.497 e. The van der Waals surface area contributed by atoms with E-state index < -0.39 is 47.0 Å². The molecule has 0 spiro atoms. The van der Waals surface area contributed by atoms with Crippen LogP contribution in [-0.4, -0.2) is 88.7 Å². The average Bonchev–Trinajstić information content (AvgIpc) is 3.49. The first-order chi connectivity index (χ1) is 19.8. The number of rotatable bonds is 9. The van der Waals surface area contributed by atoms with Crippen molar-refractivity contribution in [1.82, 2.24) is 15.2 Å². The van der Waals surface area contributed by atoms with Gasteiger partial charge in [-0.25, -0.2) is 14.6 Å². The third-order valence-corrected chi connectivity index (χ3v) is 7.09. The summed E-state index contributed by atoms with van der Waals surface area (Å²) in [5, 5.41) is 3.32. The highest BCUT2D eigenvalue weighted by atomic mass is 16.6. The fourth-order valence-corrected chi connectivity index (χ4v) is 4.97. The zero-order valence-corrected chi connectivity index (χ0v) is 24.1. The Morgan fingerprint density at radius 1 is 1.21 bits per heavy atom. The molecule has 1 aliphatic heterocycles. The number of hydrogen-bond donors (Lipinski definition) is 1. The van der Waals surface area contributed by atoms with Crippen LogP contribution < -0.4 is 14.8 Å². The van der Waals surface area contributed by atoms with Gasteiger partial charge in [-0.15, -0.1) is 6.58 Å². The Labute approximate surface area is 242 Å². The highest BCUT2D eigenvalue weighted by Gasteiger charge is 2.62. The summed E-state index contributed by atoms with van der Waals surface area (Å²) in [5.74, 6) is -1.39. The summed E-state index contributed by atoms with van der Waals surface area (Å²) in [5.41, 5.74) is 7.09. The number of fused-ring (bicyclic) bond motifs is 1. The second kappa shape index (κ2) is 11.6. The van der Waals surface area contributed by atoms with Crippen molar-refractivity contribution in [3.63, 3.8) is 0 Å². The number of amides is 2. The van der Waals surface area contributed by atoms with E-state index in [-0.39, 0.29) is 30.3 Å². The van der Waals surface area contributed by atoms with E-state index in [1.54, 1.807) is 45.0 Å². The highest BCUT2D eigenvalue weighted by molar-refractivity contribution is 6.33. The molecule has 1 saturated carbocycles. The number of aromatic nitrogens is 1. The fourth-order valence-electron chi connectivity index (χ4n) is 4.97. The van der Waals surface area contributed by atoms with Crippen molar-refractivity contribution in [2.45, 2.75) is 56.9 Å². The van der Waals surface area contributed by atoms with E-state index in [4.69, 9.17) is 24.5 Å². The largest absolute Gasteiger partial charge is 0.497 e. The maximum absolute atomic E-state index is 13.6. The van der Waals surface area contributed by atoms with E-state index >= 15 is 0 Å². The average molecular weight is 580 g/mol. The number of hydrogen-bond acceptors (Lipinski definition) is 9. The van der Waals surface area contributed by atoms with Crippen molar-refractivity contribution >= 4 is 40.9 Å². The molecule has 4 atom stereocenters. The molecule has 42 heavy (non-hydrogen) atoms. The van der Waals surface area contributed by atoms with Gasteiger partial charge in [-0.2, -0.15) is 4.79 Å². The zero-order valence-electron chi connectivity index (χ0n) is 24.1. The third kappa shape index (κ3) is 6.10. The van der Waals surface area contributed by atoms with E-state index in [0.717, 1.165) is 0 Å². The van der Waals surface area contributed by atoms with Crippen molar-refractivity contribution in [2.75, 3.05) is 20.8 Å². The van der Waals surface area contributed by atoms with Gasteiger partial charge in [-0.3, -0.25) is 14.5 Å². The number of nitrogens with zero attached hydrogens (tertiary/aromatic N) is 4. The van der Waals surface area contributed by atoms with Crippen LogP contribution in [-0.2, 0) is 19.1 Å². The molecule has 222 valence electrons. The molecule has 1 aromatic carbocycles. The molecule has 2 heterocycles. The molecule has 1 aromatic heterocycles. The van der Waals surface area contributed by atoms with Crippen LogP contribution in [0.1, 0.15) is 44.1 Å². The Morgan fingerprint density at radius 3 is 2.55 bits per heavy atom. The number of benzene rings is 1. The van der Waals surface area contributed by atoms with E-state index in [1.165, 1.54) is 25.2 Å². The van der Waals surface area contributed by atoms with Gasteiger partial charge in [0.05, 0.1) is 26.3 Å². The summed E-state index contributed by atoms with van der Waals surface area (Å²) in [7, 11) is 2.73. The van der Waals surface area contributed by atoms with Gasteiger partial charge in [0.25, 0.3) is 5.78 Å². The minimum absolute atomic E-state index is 0.0234. The molecule has 2 aliphatic rings. The first-order valence-corrected chi connectivity index (χ1v) is 13.3. The lowest BCUT2D eigenvalue weighted by molar-refractivity contribution is -0.147. The molecule has 2 fully saturated rings. The molecule has 13 heteroatoms. The maximum atomic E-state index is 13.6. The Morgan fingerprint density at radius 2 is 1.95 bits per heavy atom. The van der Waals surface area contributed by atoms with Crippen LogP contribution in [0.2, 0.25) is 0 Å². The molecule has 2 amide bonds. The summed E-state index contributed by atoms with van der Waals surface area (Å²) in [6, 6.07) is 5.38. The van der Waals surface area contributed by atoms with E-state index in [2.05, 4.69) is 21.7 Å². The third-order valence-electron chi connectivity index (χ3n) is 7.09. The summed E-state index contributed by atoms with van der Waals surface area (Å²) < 4.78 is 22.1. The first kappa shape index (κ1) is 30.2. The monoisotopic (exact) mass is 579 g/mol. The molecule has 1 unspecified atom stereocenters. The molecule has 13 nitrogen and oxygen atoms in total. The normalized spacial score (nSPS) is 22.9. The fraction of sp³-hybridized carbons (Fsp3) is 0.448. The minimum atomic E-state index is -1.25. The number of likely N-dealkylation sites (tertiary alicyclic amines) is 1. The Kier molecular flexibility index (Phi) is 8.35. The van der Waals surface area contributed by atoms with Crippen LogP contribution in [0.15, 0.2) is 36.9 Å². The molecule has 0 radical (unpaired) electrons. The summed E-state index contributed by atoms with van der Waals surface area (Å²) in [4.78, 5) is 60.2. The molecule has 1 saturated heterocycles. The van der Waals surface area contributed by atoms with Crippen LogP contribution in [0.25, 0.3) is 16.4 Å². The van der Waals surface area contributed by atoms with Gasteiger partial charge in [0.2, 0.25) is 5.91 Å². The second-order valence-electron chi connectivity index (χ2n) is 11.1. The molecule has 1 N–H and O–H groups in total. The first-order valence-electron chi connectivity index (χ1n) is 13.3. The lowest BCUT2D eigenvalue weighted by Crippen LogP contribution is -2.53. The summed E-state index contributed by atoms with van der Waals surface area (Å²) >= 11 is 0. The van der Waals surface area contributed by atoms with Crippen LogP contribution in [0.3, 0.4) is 0 Å². The van der Waals surface area contributed by atoms with Crippen molar-refractivity contribution in [3.8, 4) is 11.5 Å². The number of ether oxygens (including phenoxy) is 4. The van der Waals surface area contributed by atoms with Gasteiger partial charge in [-0.05, 0) is 39.3 Å². The number of Topliss-reactive ketones (excluding diaryl/α,β-unsaturated/α-hetero) is 1.